The molecule has 104 valence electrons. The van der Waals surface area contributed by atoms with E-state index in [1.807, 2.05) is 0 Å². The van der Waals surface area contributed by atoms with Crippen LogP contribution in [0.3, 0.4) is 0 Å². The smallest absolute Gasteiger partial charge is 0.335 e. The fourth-order valence-corrected chi connectivity index (χ4v) is 2.04. The van der Waals surface area contributed by atoms with Gasteiger partial charge in [0.05, 0.1) is 17.1 Å². The summed E-state index contributed by atoms with van der Waals surface area (Å²) in [5, 5.41) is 9.16. The molecule has 1 heterocycles. The Morgan fingerprint density at radius 1 is 1.30 bits per heavy atom. The second-order valence-electron chi connectivity index (χ2n) is 4.53. The molecule has 0 saturated carbocycles. The molecule has 0 aliphatic carbocycles. The molecular formula is C14H12FNO4. The number of benzene rings is 1. The molecule has 0 aliphatic rings. The lowest BCUT2D eigenvalue weighted by Crippen LogP contribution is -2.27. The van der Waals surface area contributed by atoms with Gasteiger partial charge in [-0.15, -0.1) is 0 Å². The van der Waals surface area contributed by atoms with Gasteiger partial charge in [-0.1, -0.05) is 0 Å². The minimum absolute atomic E-state index is 0.0646. The zero-order chi connectivity index (χ0) is 15.0. The first-order valence-corrected chi connectivity index (χ1v) is 5.91. The van der Waals surface area contributed by atoms with E-state index in [1.165, 1.54) is 32.0 Å². The molecule has 5 nitrogen and oxygen atoms in total. The minimum atomic E-state index is -1.26. The molecular weight excluding hydrogens is 265 g/mol. The quantitative estimate of drug-likeness (QED) is 0.930. The third kappa shape index (κ3) is 2.20. The molecule has 0 fully saturated rings. The normalized spacial score (nSPS) is 12.3. The van der Waals surface area contributed by atoms with Crippen molar-refractivity contribution in [1.82, 2.24) is 4.57 Å². The zero-order valence-corrected chi connectivity index (χ0v) is 10.9. The van der Waals surface area contributed by atoms with Crippen LogP contribution < -0.4 is 5.56 Å². The average Bonchev–Trinajstić information content (AvgIpc) is 2.38. The third-order valence-corrected chi connectivity index (χ3v) is 3.20. The Kier molecular flexibility index (Phi) is 3.40. The van der Waals surface area contributed by atoms with Crippen molar-refractivity contribution in [3.63, 3.8) is 0 Å². The fraction of sp³-hybridized carbons (Fsp3) is 0.214. The van der Waals surface area contributed by atoms with E-state index in [0.717, 1.165) is 10.6 Å². The first kappa shape index (κ1) is 13.9. The Morgan fingerprint density at radius 3 is 2.50 bits per heavy atom. The summed E-state index contributed by atoms with van der Waals surface area (Å²) in [6, 6.07) is 3.82. The van der Waals surface area contributed by atoms with Crippen LogP contribution in [-0.4, -0.2) is 21.4 Å². The van der Waals surface area contributed by atoms with Gasteiger partial charge in [-0.25, -0.2) is 9.18 Å². The average molecular weight is 277 g/mol. The molecule has 1 atom stereocenters. The van der Waals surface area contributed by atoms with Gasteiger partial charge in [0.2, 0.25) is 0 Å². The van der Waals surface area contributed by atoms with E-state index in [0.29, 0.717) is 0 Å². The number of aromatic nitrogens is 1. The van der Waals surface area contributed by atoms with Crippen LogP contribution in [0.25, 0.3) is 10.9 Å². The van der Waals surface area contributed by atoms with Gasteiger partial charge in [-0.2, -0.15) is 0 Å². The zero-order valence-electron chi connectivity index (χ0n) is 10.9. The molecule has 0 saturated heterocycles. The maximum atomic E-state index is 14.1. The SMILES string of the molecule is CC(=O)C(C)n1c(=O)ccc2cc(C(=O)O)cc(F)c21. The maximum Gasteiger partial charge on any atom is 0.335 e. The summed E-state index contributed by atoms with van der Waals surface area (Å²) < 4.78 is 15.2. The van der Waals surface area contributed by atoms with Crippen LogP contribution in [0.2, 0.25) is 0 Å². The number of carbonyl (C=O) groups is 2. The summed E-state index contributed by atoms with van der Waals surface area (Å²) in [5.74, 6) is -2.39. The largest absolute Gasteiger partial charge is 0.478 e. The summed E-state index contributed by atoms with van der Waals surface area (Å²) in [6.45, 7) is 2.80. The second kappa shape index (κ2) is 4.88. The third-order valence-electron chi connectivity index (χ3n) is 3.20. The Hall–Kier alpha value is -2.50. The van der Waals surface area contributed by atoms with E-state index in [9.17, 15) is 18.8 Å². The highest BCUT2D eigenvalue weighted by Gasteiger charge is 2.18. The Bertz CT molecular complexity index is 779. The van der Waals surface area contributed by atoms with Crippen LogP contribution in [0.1, 0.15) is 30.2 Å². The van der Waals surface area contributed by atoms with Crippen LogP contribution in [0, 0.1) is 5.82 Å². The molecule has 1 aromatic heterocycles. The van der Waals surface area contributed by atoms with Gasteiger partial charge < -0.3 is 5.11 Å². The van der Waals surface area contributed by atoms with Crippen molar-refractivity contribution in [2.45, 2.75) is 19.9 Å². The molecule has 0 spiro atoms. The lowest BCUT2D eigenvalue weighted by molar-refractivity contribution is -0.119. The maximum absolute atomic E-state index is 14.1. The van der Waals surface area contributed by atoms with Gasteiger partial charge in [0.1, 0.15) is 5.82 Å². The molecule has 20 heavy (non-hydrogen) atoms. The Morgan fingerprint density at radius 2 is 1.95 bits per heavy atom. The molecule has 0 radical (unpaired) electrons. The van der Waals surface area contributed by atoms with Crippen LogP contribution in [0.4, 0.5) is 4.39 Å². The number of carboxylic acid groups (broad SMARTS) is 1. The predicted molar refractivity (Wildman–Crippen MR) is 70.5 cm³/mol. The highest BCUT2D eigenvalue weighted by molar-refractivity contribution is 5.94. The number of ketones is 1. The molecule has 1 aromatic carbocycles. The number of carbonyl (C=O) groups excluding carboxylic acids is 1. The first-order valence-electron chi connectivity index (χ1n) is 5.91. The number of halogens is 1. The lowest BCUT2D eigenvalue weighted by atomic mass is 10.1. The summed E-state index contributed by atoms with van der Waals surface area (Å²) in [4.78, 5) is 34.2. The van der Waals surface area contributed by atoms with Crippen molar-refractivity contribution in [2.75, 3.05) is 0 Å². The molecule has 2 aromatic rings. The van der Waals surface area contributed by atoms with Crippen molar-refractivity contribution in [3.8, 4) is 0 Å². The van der Waals surface area contributed by atoms with E-state index in [2.05, 4.69) is 0 Å². The minimum Gasteiger partial charge on any atom is -0.478 e. The number of hydrogen-bond donors (Lipinski definition) is 1. The number of pyridine rings is 1. The van der Waals surface area contributed by atoms with Gasteiger partial charge in [0, 0.05) is 11.5 Å². The summed E-state index contributed by atoms with van der Waals surface area (Å²) >= 11 is 0. The number of rotatable bonds is 3. The first-order chi connectivity index (χ1) is 9.32. The number of carboxylic acids is 1. The molecule has 0 amide bonds. The molecule has 0 bridgehead atoms. The van der Waals surface area contributed by atoms with E-state index >= 15 is 0 Å². The van der Waals surface area contributed by atoms with Crippen molar-refractivity contribution < 1.29 is 19.1 Å². The molecule has 2 rings (SSSR count). The second-order valence-corrected chi connectivity index (χ2v) is 4.53. The number of Topliss-reactive ketones (excluding diaryl/α,β-unsaturated/α-hetero) is 1. The van der Waals surface area contributed by atoms with Gasteiger partial charge in [-0.3, -0.25) is 14.2 Å². The molecule has 0 aliphatic heterocycles. The van der Waals surface area contributed by atoms with Crippen molar-refractivity contribution in [1.29, 1.82) is 0 Å². The highest BCUT2D eigenvalue weighted by Crippen LogP contribution is 2.22. The molecule has 6 heteroatoms. The monoisotopic (exact) mass is 277 g/mol. The van der Waals surface area contributed by atoms with E-state index in [4.69, 9.17) is 5.11 Å². The van der Waals surface area contributed by atoms with Crippen molar-refractivity contribution in [2.24, 2.45) is 0 Å². The van der Waals surface area contributed by atoms with Gasteiger partial charge >= 0.3 is 5.97 Å². The molecule has 1 unspecified atom stereocenters. The predicted octanol–water partition coefficient (Wildman–Crippen LogP) is 1.99. The Balaban J connectivity index is 2.88. The summed E-state index contributed by atoms with van der Waals surface area (Å²) in [6.07, 6.45) is 0. The van der Waals surface area contributed by atoms with Crippen LogP contribution >= 0.6 is 0 Å². The number of fused-ring (bicyclic) bond motifs is 1. The fourth-order valence-electron chi connectivity index (χ4n) is 2.04. The number of nitrogens with zero attached hydrogens (tertiary/aromatic N) is 1. The van der Waals surface area contributed by atoms with Crippen molar-refractivity contribution in [3.05, 3.63) is 46.0 Å². The van der Waals surface area contributed by atoms with E-state index < -0.39 is 23.4 Å². The van der Waals surface area contributed by atoms with Gasteiger partial charge in [0.15, 0.2) is 5.78 Å². The van der Waals surface area contributed by atoms with E-state index in [-0.39, 0.29) is 22.2 Å². The lowest BCUT2D eigenvalue weighted by Gasteiger charge is -2.16. The van der Waals surface area contributed by atoms with Crippen LogP contribution in [0.15, 0.2) is 29.1 Å². The van der Waals surface area contributed by atoms with Crippen molar-refractivity contribution >= 4 is 22.7 Å². The molecule has 1 N–H and O–H groups in total. The highest BCUT2D eigenvalue weighted by atomic mass is 19.1. The topological polar surface area (TPSA) is 76.4 Å². The van der Waals surface area contributed by atoms with Gasteiger partial charge in [-0.05, 0) is 32.0 Å². The van der Waals surface area contributed by atoms with E-state index in [1.54, 1.807) is 0 Å². The standard InChI is InChI=1S/C14H12FNO4/c1-7(8(2)17)16-12(18)4-3-9-5-10(14(19)20)6-11(15)13(9)16/h3-7H,1-2H3,(H,19,20). The number of hydrogen-bond acceptors (Lipinski definition) is 3. The Labute approximate surface area is 113 Å². The van der Waals surface area contributed by atoms with Crippen LogP contribution in [0.5, 0.6) is 0 Å². The van der Waals surface area contributed by atoms with Crippen LogP contribution in [-0.2, 0) is 4.79 Å². The summed E-state index contributed by atoms with van der Waals surface area (Å²) in [7, 11) is 0. The summed E-state index contributed by atoms with van der Waals surface area (Å²) in [5.41, 5.74) is -0.789. The number of aromatic carboxylic acids is 1. The van der Waals surface area contributed by atoms with Gasteiger partial charge in [0.25, 0.3) is 5.56 Å².